The van der Waals surface area contributed by atoms with E-state index in [0.29, 0.717) is 0 Å². The van der Waals surface area contributed by atoms with Crippen molar-refractivity contribution in [3.63, 3.8) is 0 Å². The minimum absolute atomic E-state index is 1.11. The summed E-state index contributed by atoms with van der Waals surface area (Å²) in [6.07, 6.45) is 0. The van der Waals surface area contributed by atoms with E-state index in [9.17, 15) is 0 Å². The van der Waals surface area contributed by atoms with Crippen molar-refractivity contribution in [3.05, 3.63) is 206 Å². The van der Waals surface area contributed by atoms with Gasteiger partial charge in [-0.1, -0.05) is 133 Å². The smallest absolute Gasteiger partial charge is 0.0561 e. The van der Waals surface area contributed by atoms with Crippen LogP contribution in [0, 0.1) is 0 Å². The number of nitrogens with zero attached hydrogens (tertiary/aromatic N) is 2. The van der Waals surface area contributed by atoms with Gasteiger partial charge in [0.1, 0.15) is 0 Å². The second-order valence-electron chi connectivity index (χ2n) is 13.4. The van der Waals surface area contributed by atoms with E-state index < -0.39 is 0 Å². The summed E-state index contributed by atoms with van der Waals surface area (Å²) in [6, 6.07) is 74.7. The van der Waals surface area contributed by atoms with Crippen LogP contribution in [0.2, 0.25) is 0 Å². The summed E-state index contributed by atoms with van der Waals surface area (Å²) in [6.45, 7) is 0. The molecule has 0 amide bonds. The number of benzene rings is 9. The zero-order valence-electron chi connectivity index (χ0n) is 28.5. The Labute approximate surface area is 303 Å². The molecular weight excluding hydrogens is 629 g/mol. The van der Waals surface area contributed by atoms with Crippen molar-refractivity contribution < 1.29 is 0 Å². The monoisotopic (exact) mass is 662 g/mol. The van der Waals surface area contributed by atoms with Crippen LogP contribution in [0.25, 0.3) is 71.3 Å². The van der Waals surface area contributed by atoms with Crippen LogP contribution in [0.4, 0.5) is 17.1 Å². The lowest BCUT2D eigenvalue weighted by atomic mass is 9.96. The maximum Gasteiger partial charge on any atom is 0.0561 e. The Morgan fingerprint density at radius 2 is 0.808 bits per heavy atom. The molecular formula is C50H34N2. The average Bonchev–Trinajstić information content (AvgIpc) is 3.55. The molecule has 0 fully saturated rings. The molecule has 2 nitrogen and oxygen atoms in total. The molecule has 9 aromatic carbocycles. The summed E-state index contributed by atoms with van der Waals surface area (Å²) >= 11 is 0. The Bertz CT molecular complexity index is 2890. The summed E-state index contributed by atoms with van der Waals surface area (Å²) in [5.74, 6) is 0. The Balaban J connectivity index is 1.09. The lowest BCUT2D eigenvalue weighted by molar-refractivity contribution is 1.18. The maximum atomic E-state index is 2.38. The Morgan fingerprint density at radius 1 is 0.288 bits per heavy atom. The Hall–Kier alpha value is -6.90. The first-order chi connectivity index (χ1) is 25.8. The van der Waals surface area contributed by atoms with E-state index in [4.69, 9.17) is 0 Å². The molecule has 0 aliphatic carbocycles. The summed E-state index contributed by atoms with van der Waals surface area (Å²) in [5.41, 5.74) is 11.8. The lowest BCUT2D eigenvalue weighted by Crippen LogP contribution is -2.10. The number of aromatic nitrogens is 1. The lowest BCUT2D eigenvalue weighted by Gasteiger charge is -2.26. The van der Waals surface area contributed by atoms with Gasteiger partial charge in [0.05, 0.1) is 11.0 Å². The quantitative estimate of drug-likeness (QED) is 0.172. The Kier molecular flexibility index (Phi) is 7.18. The average molecular weight is 663 g/mol. The highest BCUT2D eigenvalue weighted by Gasteiger charge is 2.18. The van der Waals surface area contributed by atoms with Gasteiger partial charge in [-0.05, 0) is 117 Å². The SMILES string of the molecule is c1ccc(-c2ccc3cc(-c4ccc5ccc(N(c6ccccc6)c6ccc7c8ccccc8n(-c8ccccc8)c7c6)cc5c4)ccc3c2)cc1. The first kappa shape index (κ1) is 30.0. The predicted octanol–water partition coefficient (Wildman–Crippen LogP) is 13.9. The molecule has 0 aliphatic heterocycles. The molecule has 0 aliphatic rings. The maximum absolute atomic E-state index is 2.38. The van der Waals surface area contributed by atoms with E-state index in [1.165, 1.54) is 65.6 Å². The van der Waals surface area contributed by atoms with Crippen LogP contribution >= 0.6 is 0 Å². The third-order valence-corrected chi connectivity index (χ3v) is 10.3. The number of hydrogen-bond donors (Lipinski definition) is 0. The van der Waals surface area contributed by atoms with Crippen LogP contribution in [0.5, 0.6) is 0 Å². The highest BCUT2D eigenvalue weighted by molar-refractivity contribution is 6.10. The molecule has 10 rings (SSSR count). The molecule has 0 N–H and O–H groups in total. The minimum atomic E-state index is 1.11. The normalized spacial score (nSPS) is 11.5. The van der Waals surface area contributed by atoms with Crippen molar-refractivity contribution in [2.75, 3.05) is 4.90 Å². The number of hydrogen-bond acceptors (Lipinski definition) is 1. The van der Waals surface area contributed by atoms with Crippen molar-refractivity contribution in [2.24, 2.45) is 0 Å². The molecule has 2 heteroatoms. The van der Waals surface area contributed by atoms with E-state index in [0.717, 1.165) is 22.7 Å². The largest absolute Gasteiger partial charge is 0.310 e. The van der Waals surface area contributed by atoms with Gasteiger partial charge in [0.15, 0.2) is 0 Å². The van der Waals surface area contributed by atoms with Gasteiger partial charge in [0, 0.05) is 33.5 Å². The zero-order valence-corrected chi connectivity index (χ0v) is 28.5. The second kappa shape index (κ2) is 12.5. The van der Waals surface area contributed by atoms with Crippen LogP contribution in [-0.2, 0) is 0 Å². The van der Waals surface area contributed by atoms with Gasteiger partial charge in [-0.25, -0.2) is 0 Å². The zero-order chi connectivity index (χ0) is 34.4. The molecule has 0 spiro atoms. The summed E-state index contributed by atoms with van der Waals surface area (Å²) in [7, 11) is 0. The molecule has 1 aromatic heterocycles. The van der Waals surface area contributed by atoms with Crippen LogP contribution in [0.1, 0.15) is 0 Å². The Morgan fingerprint density at radius 3 is 1.54 bits per heavy atom. The minimum Gasteiger partial charge on any atom is -0.310 e. The van der Waals surface area contributed by atoms with E-state index in [1.54, 1.807) is 0 Å². The number of anilines is 3. The summed E-state index contributed by atoms with van der Waals surface area (Å²) in [4.78, 5) is 2.37. The van der Waals surface area contributed by atoms with Crippen LogP contribution < -0.4 is 4.90 Å². The highest BCUT2D eigenvalue weighted by atomic mass is 15.1. The van der Waals surface area contributed by atoms with Gasteiger partial charge < -0.3 is 9.47 Å². The van der Waals surface area contributed by atoms with Crippen molar-refractivity contribution >= 4 is 60.4 Å². The standard InChI is InChI=1S/C50H34N2/c1-4-12-35(13-5-1)37-22-23-39-31-40(25-24-38(39)30-37)41-21-20-36-26-27-45(33-42(36)32-41)51(43-14-6-2-7-15-43)46-28-29-48-47-18-10-11-19-49(47)52(50(48)34-46)44-16-8-3-9-17-44/h1-34H. The van der Waals surface area contributed by atoms with Crippen LogP contribution in [-0.4, -0.2) is 4.57 Å². The topological polar surface area (TPSA) is 8.17 Å². The van der Waals surface area contributed by atoms with E-state index in [-0.39, 0.29) is 0 Å². The fraction of sp³-hybridized carbons (Fsp3) is 0. The van der Waals surface area contributed by atoms with Gasteiger partial charge in [-0.2, -0.15) is 0 Å². The van der Waals surface area contributed by atoms with Gasteiger partial charge in [0.2, 0.25) is 0 Å². The van der Waals surface area contributed by atoms with Crippen molar-refractivity contribution in [2.45, 2.75) is 0 Å². The molecule has 0 saturated heterocycles. The molecule has 0 saturated carbocycles. The van der Waals surface area contributed by atoms with Gasteiger partial charge in [-0.3, -0.25) is 0 Å². The number of para-hydroxylation sites is 3. The molecule has 0 bridgehead atoms. The van der Waals surface area contributed by atoms with Crippen molar-refractivity contribution in [3.8, 4) is 27.9 Å². The van der Waals surface area contributed by atoms with E-state index >= 15 is 0 Å². The fourth-order valence-electron chi connectivity index (χ4n) is 7.77. The highest BCUT2D eigenvalue weighted by Crippen LogP contribution is 2.41. The molecule has 0 atom stereocenters. The van der Waals surface area contributed by atoms with Crippen LogP contribution in [0.15, 0.2) is 206 Å². The first-order valence-electron chi connectivity index (χ1n) is 17.8. The fourth-order valence-corrected chi connectivity index (χ4v) is 7.77. The van der Waals surface area contributed by atoms with E-state index in [2.05, 4.69) is 216 Å². The molecule has 52 heavy (non-hydrogen) atoms. The molecule has 244 valence electrons. The molecule has 10 aromatic rings. The van der Waals surface area contributed by atoms with Gasteiger partial charge in [-0.15, -0.1) is 0 Å². The van der Waals surface area contributed by atoms with Crippen molar-refractivity contribution in [1.29, 1.82) is 0 Å². The molecule has 0 radical (unpaired) electrons. The number of rotatable bonds is 6. The third-order valence-electron chi connectivity index (χ3n) is 10.3. The second-order valence-corrected chi connectivity index (χ2v) is 13.4. The first-order valence-corrected chi connectivity index (χ1v) is 17.8. The summed E-state index contributed by atoms with van der Waals surface area (Å²) in [5, 5.41) is 7.40. The number of fused-ring (bicyclic) bond motifs is 5. The summed E-state index contributed by atoms with van der Waals surface area (Å²) < 4.78 is 2.38. The van der Waals surface area contributed by atoms with Gasteiger partial charge in [0.25, 0.3) is 0 Å². The molecule has 1 heterocycles. The van der Waals surface area contributed by atoms with Crippen LogP contribution in [0.3, 0.4) is 0 Å². The third kappa shape index (κ3) is 5.21. The van der Waals surface area contributed by atoms with Crippen molar-refractivity contribution in [1.82, 2.24) is 4.57 Å². The predicted molar refractivity (Wildman–Crippen MR) is 221 cm³/mol. The van der Waals surface area contributed by atoms with E-state index in [1.807, 2.05) is 0 Å². The van der Waals surface area contributed by atoms with Gasteiger partial charge >= 0.3 is 0 Å². The molecule has 0 unspecified atom stereocenters.